The number of allylic oxidation sites excluding steroid dienone is 5. The number of rotatable bonds is 54. The van der Waals surface area contributed by atoms with Crippen LogP contribution >= 0.6 is 0 Å². The molecular formula is C60H113NO5. The van der Waals surface area contributed by atoms with Crippen molar-refractivity contribution in [3.8, 4) is 0 Å². The number of carbonyl (C=O) groups is 2. The summed E-state index contributed by atoms with van der Waals surface area (Å²) in [7, 11) is 0. The van der Waals surface area contributed by atoms with E-state index in [1.165, 1.54) is 218 Å². The quantitative estimate of drug-likeness (QED) is 0.0321. The highest BCUT2D eigenvalue weighted by atomic mass is 16.5. The van der Waals surface area contributed by atoms with Crippen LogP contribution in [0.25, 0.3) is 0 Å². The minimum atomic E-state index is -0.856. The van der Waals surface area contributed by atoms with Gasteiger partial charge in [-0.25, -0.2) is 0 Å². The summed E-state index contributed by atoms with van der Waals surface area (Å²) >= 11 is 0. The van der Waals surface area contributed by atoms with E-state index in [2.05, 4.69) is 43.5 Å². The molecule has 0 spiro atoms. The van der Waals surface area contributed by atoms with Crippen molar-refractivity contribution in [1.29, 1.82) is 0 Å². The Hall–Kier alpha value is -1.92. The third kappa shape index (κ3) is 51.5. The van der Waals surface area contributed by atoms with Crippen LogP contribution in [0.4, 0.5) is 0 Å². The van der Waals surface area contributed by atoms with Crippen LogP contribution < -0.4 is 5.32 Å². The van der Waals surface area contributed by atoms with Crippen molar-refractivity contribution in [3.63, 3.8) is 0 Å². The van der Waals surface area contributed by atoms with Gasteiger partial charge in [0.1, 0.15) is 0 Å². The summed E-state index contributed by atoms with van der Waals surface area (Å²) in [6, 6.07) is -0.641. The van der Waals surface area contributed by atoms with Crippen molar-refractivity contribution in [2.45, 2.75) is 321 Å². The Kier molecular flexibility index (Phi) is 54.1. The second-order valence-electron chi connectivity index (χ2n) is 20.0. The molecule has 6 nitrogen and oxygen atoms in total. The van der Waals surface area contributed by atoms with Gasteiger partial charge in [-0.2, -0.15) is 0 Å². The highest BCUT2D eigenvalue weighted by Gasteiger charge is 2.18. The van der Waals surface area contributed by atoms with E-state index in [0.29, 0.717) is 19.4 Å². The van der Waals surface area contributed by atoms with E-state index in [-0.39, 0.29) is 18.5 Å². The standard InChI is InChI=1S/C60H113NO5/c1-3-5-7-9-11-13-15-17-19-20-21-22-25-28-32-36-40-44-48-52-58(63)57(56-62)61-59(64)53-49-45-41-37-33-29-26-23-24-27-31-35-39-43-47-51-55-66-60(65)54-50-46-42-38-34-30-18-16-14-12-10-8-6-4-2/h16,18,23,26,48,52,57-58,62-63H,3-15,17,19-22,24-25,27-47,49-51,53-56H2,1-2H3,(H,61,64)/b18-16-,26-23-,52-48+. The van der Waals surface area contributed by atoms with Gasteiger partial charge in [0, 0.05) is 12.8 Å². The molecule has 66 heavy (non-hydrogen) atoms. The Morgan fingerprint density at radius 1 is 0.409 bits per heavy atom. The van der Waals surface area contributed by atoms with Gasteiger partial charge in [0.15, 0.2) is 0 Å². The normalized spacial score (nSPS) is 12.8. The minimum absolute atomic E-state index is 0.0124. The molecule has 0 rings (SSSR count). The molecule has 0 aliphatic rings. The monoisotopic (exact) mass is 928 g/mol. The Morgan fingerprint density at radius 2 is 0.712 bits per heavy atom. The lowest BCUT2D eigenvalue weighted by Gasteiger charge is -2.20. The van der Waals surface area contributed by atoms with E-state index in [0.717, 1.165) is 64.2 Å². The number of esters is 1. The van der Waals surface area contributed by atoms with Gasteiger partial charge in [-0.15, -0.1) is 0 Å². The summed E-state index contributed by atoms with van der Waals surface area (Å²) in [5, 5.41) is 23.1. The Bertz CT molecular complexity index is 1070. The molecular weight excluding hydrogens is 815 g/mol. The van der Waals surface area contributed by atoms with Gasteiger partial charge >= 0.3 is 5.97 Å². The molecule has 0 fully saturated rings. The predicted octanol–water partition coefficient (Wildman–Crippen LogP) is 18.0. The Labute approximate surface area is 411 Å². The van der Waals surface area contributed by atoms with E-state index in [1.54, 1.807) is 6.08 Å². The third-order valence-corrected chi connectivity index (χ3v) is 13.4. The minimum Gasteiger partial charge on any atom is -0.466 e. The van der Waals surface area contributed by atoms with Crippen LogP contribution in [0.1, 0.15) is 309 Å². The number of hydrogen-bond donors (Lipinski definition) is 3. The smallest absolute Gasteiger partial charge is 0.305 e. The second kappa shape index (κ2) is 55.7. The molecule has 0 aromatic carbocycles. The average Bonchev–Trinajstić information content (AvgIpc) is 3.32. The maximum atomic E-state index is 12.5. The molecule has 0 heterocycles. The van der Waals surface area contributed by atoms with Crippen LogP contribution in [0, 0.1) is 0 Å². The maximum absolute atomic E-state index is 12.5. The first-order valence-corrected chi connectivity index (χ1v) is 29.3. The van der Waals surface area contributed by atoms with Gasteiger partial charge in [0.05, 0.1) is 25.4 Å². The summed E-state index contributed by atoms with van der Waals surface area (Å²) < 4.78 is 5.46. The molecule has 0 saturated carbocycles. The van der Waals surface area contributed by atoms with E-state index >= 15 is 0 Å². The van der Waals surface area contributed by atoms with Gasteiger partial charge in [-0.05, 0) is 83.5 Å². The zero-order valence-corrected chi connectivity index (χ0v) is 44.2. The molecule has 2 unspecified atom stereocenters. The molecule has 1 amide bonds. The third-order valence-electron chi connectivity index (χ3n) is 13.4. The van der Waals surface area contributed by atoms with Crippen molar-refractivity contribution < 1.29 is 24.5 Å². The molecule has 6 heteroatoms. The van der Waals surface area contributed by atoms with Crippen molar-refractivity contribution in [2.75, 3.05) is 13.2 Å². The molecule has 388 valence electrons. The van der Waals surface area contributed by atoms with Gasteiger partial charge < -0.3 is 20.3 Å². The summed E-state index contributed by atoms with van der Waals surface area (Å²) in [5.74, 6) is -0.0962. The van der Waals surface area contributed by atoms with E-state index in [1.807, 2.05) is 6.08 Å². The van der Waals surface area contributed by atoms with Crippen LogP contribution in [0.3, 0.4) is 0 Å². The number of ether oxygens (including phenoxy) is 1. The highest BCUT2D eigenvalue weighted by molar-refractivity contribution is 5.76. The molecule has 2 atom stereocenters. The van der Waals surface area contributed by atoms with Crippen molar-refractivity contribution in [2.24, 2.45) is 0 Å². The van der Waals surface area contributed by atoms with E-state index in [4.69, 9.17) is 4.74 Å². The fourth-order valence-electron chi connectivity index (χ4n) is 8.86. The van der Waals surface area contributed by atoms with Gasteiger partial charge in [0.2, 0.25) is 5.91 Å². The van der Waals surface area contributed by atoms with E-state index in [9.17, 15) is 19.8 Å². The van der Waals surface area contributed by atoms with Gasteiger partial charge in [-0.1, -0.05) is 249 Å². The lowest BCUT2D eigenvalue weighted by Crippen LogP contribution is -2.45. The maximum Gasteiger partial charge on any atom is 0.305 e. The fraction of sp³-hybridized carbons (Fsp3) is 0.867. The molecule has 0 bridgehead atoms. The number of nitrogens with one attached hydrogen (secondary N) is 1. The first kappa shape index (κ1) is 64.1. The number of hydrogen-bond acceptors (Lipinski definition) is 5. The SMILES string of the molecule is CCCCCCC/C=C\CCCCCCCC(=O)OCCCCCCCCC/C=C\CCCCCCCC(=O)NC(CO)C(O)/C=C/CCCCCCCCCCCCCCCCCCC. The number of aliphatic hydroxyl groups is 2. The second-order valence-corrected chi connectivity index (χ2v) is 20.0. The molecule has 3 N–H and O–H groups in total. The average molecular weight is 929 g/mol. The summed E-state index contributed by atoms with van der Waals surface area (Å²) in [5.41, 5.74) is 0. The number of unbranched alkanes of at least 4 members (excludes halogenated alkanes) is 39. The van der Waals surface area contributed by atoms with Crippen LogP contribution in [0.2, 0.25) is 0 Å². The number of amides is 1. The molecule has 0 aliphatic heterocycles. The lowest BCUT2D eigenvalue weighted by atomic mass is 10.0. The summed E-state index contributed by atoms with van der Waals surface area (Å²) in [6.45, 7) is 4.88. The van der Waals surface area contributed by atoms with Crippen LogP contribution in [0.15, 0.2) is 36.5 Å². The fourth-order valence-corrected chi connectivity index (χ4v) is 8.86. The van der Waals surface area contributed by atoms with Gasteiger partial charge in [0.25, 0.3) is 0 Å². The van der Waals surface area contributed by atoms with Gasteiger partial charge in [-0.3, -0.25) is 9.59 Å². The molecule has 0 aromatic heterocycles. The van der Waals surface area contributed by atoms with Crippen molar-refractivity contribution in [1.82, 2.24) is 5.32 Å². The first-order valence-electron chi connectivity index (χ1n) is 29.3. The Morgan fingerprint density at radius 3 is 1.08 bits per heavy atom. The largest absolute Gasteiger partial charge is 0.466 e. The van der Waals surface area contributed by atoms with Crippen LogP contribution in [-0.2, 0) is 14.3 Å². The molecule has 0 saturated heterocycles. The van der Waals surface area contributed by atoms with Crippen molar-refractivity contribution in [3.05, 3.63) is 36.5 Å². The molecule has 0 aliphatic carbocycles. The molecule has 0 aromatic rings. The summed E-state index contributed by atoms with van der Waals surface area (Å²) in [6.07, 6.45) is 68.8. The number of aliphatic hydroxyl groups excluding tert-OH is 2. The highest BCUT2D eigenvalue weighted by Crippen LogP contribution is 2.16. The van der Waals surface area contributed by atoms with E-state index < -0.39 is 12.1 Å². The molecule has 0 radical (unpaired) electrons. The van der Waals surface area contributed by atoms with Crippen molar-refractivity contribution >= 4 is 11.9 Å². The Balaban J connectivity index is 3.51. The zero-order valence-electron chi connectivity index (χ0n) is 44.2. The number of carbonyl (C=O) groups excluding carboxylic acids is 2. The first-order chi connectivity index (χ1) is 32.5. The summed E-state index contributed by atoms with van der Waals surface area (Å²) in [4.78, 5) is 24.5. The predicted molar refractivity (Wildman–Crippen MR) is 287 cm³/mol. The van der Waals surface area contributed by atoms with Crippen LogP contribution in [-0.4, -0.2) is 47.4 Å². The van der Waals surface area contributed by atoms with Crippen LogP contribution in [0.5, 0.6) is 0 Å². The zero-order chi connectivity index (χ0) is 47.9. The lowest BCUT2D eigenvalue weighted by molar-refractivity contribution is -0.143. The topological polar surface area (TPSA) is 95.9 Å².